The van der Waals surface area contributed by atoms with E-state index in [-0.39, 0.29) is 6.04 Å². The van der Waals surface area contributed by atoms with Crippen molar-refractivity contribution in [3.05, 3.63) is 35.4 Å². The third kappa shape index (κ3) is 8.12. The van der Waals surface area contributed by atoms with Crippen LogP contribution in [0.25, 0.3) is 0 Å². The number of morpholine rings is 1. The van der Waals surface area contributed by atoms with Gasteiger partial charge in [0.25, 0.3) is 0 Å². The Hall–Kier alpha value is -1.84. The summed E-state index contributed by atoms with van der Waals surface area (Å²) >= 11 is 0. The summed E-state index contributed by atoms with van der Waals surface area (Å²) in [5, 5.41) is 6.59. The lowest BCUT2D eigenvalue weighted by molar-refractivity contribution is -0.137. The van der Waals surface area contributed by atoms with Gasteiger partial charge in [0.2, 0.25) is 0 Å². The summed E-state index contributed by atoms with van der Waals surface area (Å²) in [4.78, 5) is 6.48. The van der Waals surface area contributed by atoms with Crippen molar-refractivity contribution in [3.8, 4) is 0 Å². The minimum absolute atomic E-state index is 0.0762. The number of aliphatic imine (C=N–C) groups is 1. The van der Waals surface area contributed by atoms with Crippen LogP contribution in [0.4, 0.5) is 13.2 Å². The van der Waals surface area contributed by atoms with Crippen LogP contribution in [-0.4, -0.2) is 70.5 Å². The second-order valence-electron chi connectivity index (χ2n) is 7.07. The molecule has 0 saturated carbocycles. The van der Waals surface area contributed by atoms with E-state index >= 15 is 0 Å². The maximum absolute atomic E-state index is 12.9. The van der Waals surface area contributed by atoms with Crippen LogP contribution in [0.1, 0.15) is 36.9 Å². The number of hydrogen-bond donors (Lipinski definition) is 2. The molecule has 1 heterocycles. The number of guanidine groups is 1. The van der Waals surface area contributed by atoms with Crippen molar-refractivity contribution < 1.29 is 22.6 Å². The Kier molecular flexibility index (Phi) is 10.4. The molecule has 6 nitrogen and oxygen atoms in total. The van der Waals surface area contributed by atoms with E-state index in [1.807, 2.05) is 6.92 Å². The summed E-state index contributed by atoms with van der Waals surface area (Å²) in [7, 11) is 1.71. The Morgan fingerprint density at radius 1 is 1.17 bits per heavy atom. The third-order valence-electron chi connectivity index (χ3n) is 5.01. The number of alkyl halides is 3. The Balaban J connectivity index is 1.96. The average molecular weight is 431 g/mol. The Bertz CT molecular complexity index is 632. The molecule has 1 aliphatic rings. The SMILES string of the molecule is CCOCCCCNC(=NC)NCC(c1ccc(C(F)(F)F)cc1)N1CCOCC1. The Morgan fingerprint density at radius 2 is 1.87 bits per heavy atom. The molecule has 1 aromatic rings. The molecule has 1 atom stereocenters. The zero-order valence-corrected chi connectivity index (χ0v) is 17.8. The van der Waals surface area contributed by atoms with Crippen LogP contribution in [0, 0.1) is 0 Å². The number of benzene rings is 1. The van der Waals surface area contributed by atoms with E-state index < -0.39 is 11.7 Å². The zero-order chi connectivity index (χ0) is 21.8. The largest absolute Gasteiger partial charge is 0.416 e. The van der Waals surface area contributed by atoms with E-state index in [9.17, 15) is 13.2 Å². The highest BCUT2D eigenvalue weighted by atomic mass is 19.4. The van der Waals surface area contributed by atoms with Crippen LogP contribution in [-0.2, 0) is 15.7 Å². The van der Waals surface area contributed by atoms with Crippen molar-refractivity contribution in [2.45, 2.75) is 32.0 Å². The van der Waals surface area contributed by atoms with Crippen LogP contribution in [0.2, 0.25) is 0 Å². The monoisotopic (exact) mass is 430 g/mol. The van der Waals surface area contributed by atoms with Gasteiger partial charge in [-0.2, -0.15) is 13.2 Å². The van der Waals surface area contributed by atoms with E-state index in [1.54, 1.807) is 19.2 Å². The first-order valence-corrected chi connectivity index (χ1v) is 10.5. The molecular weight excluding hydrogens is 397 g/mol. The number of rotatable bonds is 10. The van der Waals surface area contributed by atoms with Gasteiger partial charge in [0.1, 0.15) is 0 Å². The topological polar surface area (TPSA) is 58.1 Å². The van der Waals surface area contributed by atoms with E-state index in [0.29, 0.717) is 25.7 Å². The lowest BCUT2D eigenvalue weighted by atomic mass is 10.0. The van der Waals surface area contributed by atoms with Crippen LogP contribution in [0.5, 0.6) is 0 Å². The number of unbranched alkanes of at least 4 members (excludes halogenated alkanes) is 1. The van der Waals surface area contributed by atoms with Crippen molar-refractivity contribution >= 4 is 5.96 Å². The van der Waals surface area contributed by atoms with Gasteiger partial charge in [-0.15, -0.1) is 0 Å². The van der Waals surface area contributed by atoms with E-state index in [4.69, 9.17) is 9.47 Å². The summed E-state index contributed by atoms with van der Waals surface area (Å²) in [6, 6.07) is 5.35. The maximum Gasteiger partial charge on any atom is 0.416 e. The molecule has 1 unspecified atom stereocenters. The molecule has 0 bridgehead atoms. The van der Waals surface area contributed by atoms with Crippen LogP contribution in [0.3, 0.4) is 0 Å². The Morgan fingerprint density at radius 3 is 2.47 bits per heavy atom. The number of hydrogen-bond acceptors (Lipinski definition) is 4. The fraction of sp³-hybridized carbons (Fsp3) is 0.667. The molecule has 2 rings (SSSR count). The van der Waals surface area contributed by atoms with Gasteiger partial charge in [0.15, 0.2) is 5.96 Å². The van der Waals surface area contributed by atoms with E-state index in [1.165, 1.54) is 0 Å². The molecular formula is C21H33F3N4O2. The molecule has 0 aromatic heterocycles. The zero-order valence-electron chi connectivity index (χ0n) is 17.8. The second kappa shape index (κ2) is 12.8. The van der Waals surface area contributed by atoms with Gasteiger partial charge in [0.05, 0.1) is 24.8 Å². The van der Waals surface area contributed by atoms with Gasteiger partial charge in [-0.05, 0) is 37.5 Å². The first kappa shape index (κ1) is 24.4. The van der Waals surface area contributed by atoms with Gasteiger partial charge in [0, 0.05) is 46.4 Å². The van der Waals surface area contributed by atoms with Crippen LogP contribution in [0.15, 0.2) is 29.3 Å². The molecule has 1 fully saturated rings. The lowest BCUT2D eigenvalue weighted by Crippen LogP contribution is -2.46. The molecule has 0 aliphatic carbocycles. The van der Waals surface area contributed by atoms with Crippen molar-refractivity contribution in [2.75, 3.05) is 59.7 Å². The molecule has 9 heteroatoms. The summed E-state index contributed by atoms with van der Waals surface area (Å²) in [6.45, 7) is 7.45. The van der Waals surface area contributed by atoms with E-state index in [2.05, 4.69) is 20.5 Å². The molecule has 2 N–H and O–H groups in total. The standard InChI is InChI=1S/C21H33F3N4O2/c1-3-29-13-5-4-10-26-20(25-2)27-16-19(28-11-14-30-15-12-28)17-6-8-18(9-7-17)21(22,23)24/h6-9,19H,3-5,10-16H2,1-2H3,(H2,25,26,27). The molecule has 0 amide bonds. The van der Waals surface area contributed by atoms with Gasteiger partial charge < -0.3 is 20.1 Å². The van der Waals surface area contributed by atoms with Gasteiger partial charge in [-0.25, -0.2) is 0 Å². The minimum atomic E-state index is -4.33. The number of ether oxygens (including phenoxy) is 2. The summed E-state index contributed by atoms with van der Waals surface area (Å²) in [5.41, 5.74) is 0.203. The van der Waals surface area contributed by atoms with Crippen molar-refractivity contribution in [1.82, 2.24) is 15.5 Å². The quantitative estimate of drug-likeness (QED) is 0.340. The molecule has 170 valence electrons. The summed E-state index contributed by atoms with van der Waals surface area (Å²) < 4.78 is 49.5. The summed E-state index contributed by atoms with van der Waals surface area (Å²) in [6.07, 6.45) is -2.40. The number of halogens is 3. The summed E-state index contributed by atoms with van der Waals surface area (Å²) in [5.74, 6) is 0.677. The van der Waals surface area contributed by atoms with Crippen molar-refractivity contribution in [1.29, 1.82) is 0 Å². The minimum Gasteiger partial charge on any atom is -0.382 e. The fourth-order valence-electron chi connectivity index (χ4n) is 3.34. The average Bonchev–Trinajstić information content (AvgIpc) is 2.75. The van der Waals surface area contributed by atoms with E-state index in [0.717, 1.165) is 63.4 Å². The Labute approximate surface area is 176 Å². The first-order valence-electron chi connectivity index (χ1n) is 10.5. The van der Waals surface area contributed by atoms with Crippen molar-refractivity contribution in [2.24, 2.45) is 4.99 Å². The van der Waals surface area contributed by atoms with Gasteiger partial charge >= 0.3 is 6.18 Å². The molecule has 30 heavy (non-hydrogen) atoms. The predicted octanol–water partition coefficient (Wildman–Crippen LogP) is 3.06. The molecule has 1 aromatic carbocycles. The number of nitrogens with zero attached hydrogens (tertiary/aromatic N) is 2. The van der Waals surface area contributed by atoms with Crippen LogP contribution < -0.4 is 10.6 Å². The van der Waals surface area contributed by atoms with Gasteiger partial charge in [-0.3, -0.25) is 9.89 Å². The highest BCUT2D eigenvalue weighted by Crippen LogP contribution is 2.31. The normalized spacial score (nSPS) is 17.0. The highest BCUT2D eigenvalue weighted by molar-refractivity contribution is 5.79. The second-order valence-corrected chi connectivity index (χ2v) is 7.07. The smallest absolute Gasteiger partial charge is 0.382 e. The predicted molar refractivity (Wildman–Crippen MR) is 112 cm³/mol. The maximum atomic E-state index is 12.9. The molecule has 0 radical (unpaired) electrons. The molecule has 1 aliphatic heterocycles. The van der Waals surface area contributed by atoms with Crippen molar-refractivity contribution in [3.63, 3.8) is 0 Å². The first-order chi connectivity index (χ1) is 14.5. The third-order valence-corrected chi connectivity index (χ3v) is 5.01. The highest BCUT2D eigenvalue weighted by Gasteiger charge is 2.31. The van der Waals surface area contributed by atoms with Gasteiger partial charge in [-0.1, -0.05) is 12.1 Å². The molecule has 0 spiro atoms. The lowest BCUT2D eigenvalue weighted by Gasteiger charge is -2.35. The molecule has 1 saturated heterocycles. The fourth-order valence-corrected chi connectivity index (χ4v) is 3.34. The number of nitrogens with one attached hydrogen (secondary N) is 2. The van der Waals surface area contributed by atoms with Crippen LogP contribution >= 0.6 is 0 Å².